The molecule has 36 heavy (non-hydrogen) atoms. The standard InChI is InChI=1S/C31H34N2O3/c1-4-28(30(34)32-25-14-7-21(3)8-15-25)36-26-16-13-22-17-18-33(31(35)24-11-12-24)29(27(22)19-26)23-9-5-20(2)6-10-23/h5-10,13-16,19,24,28-29H,4,11-12,17-18H2,1-3H3,(H,32,34)/t28-,29+/m1/s1. The van der Waals surface area contributed by atoms with E-state index in [4.69, 9.17) is 4.74 Å². The van der Waals surface area contributed by atoms with Crippen molar-refractivity contribution in [3.63, 3.8) is 0 Å². The molecule has 0 aromatic heterocycles. The number of aryl methyl sites for hydroxylation is 2. The predicted molar refractivity (Wildman–Crippen MR) is 142 cm³/mol. The summed E-state index contributed by atoms with van der Waals surface area (Å²) in [6.07, 6.45) is 2.72. The van der Waals surface area contributed by atoms with E-state index in [1.54, 1.807) is 0 Å². The molecule has 5 heteroatoms. The quantitative estimate of drug-likeness (QED) is 0.450. The highest BCUT2D eigenvalue weighted by atomic mass is 16.5. The topological polar surface area (TPSA) is 58.6 Å². The minimum absolute atomic E-state index is 0.146. The highest BCUT2D eigenvalue weighted by molar-refractivity contribution is 5.94. The Morgan fingerprint density at radius 2 is 1.64 bits per heavy atom. The van der Waals surface area contributed by atoms with Gasteiger partial charge in [-0.1, -0.05) is 60.5 Å². The van der Waals surface area contributed by atoms with Gasteiger partial charge in [-0.3, -0.25) is 9.59 Å². The summed E-state index contributed by atoms with van der Waals surface area (Å²) in [5, 5.41) is 2.97. The van der Waals surface area contributed by atoms with E-state index in [0.717, 1.165) is 48.2 Å². The third kappa shape index (κ3) is 5.15. The lowest BCUT2D eigenvalue weighted by atomic mass is 9.87. The van der Waals surface area contributed by atoms with Gasteiger partial charge in [-0.15, -0.1) is 0 Å². The molecule has 1 aliphatic carbocycles. The molecule has 5 rings (SSSR count). The molecule has 2 aliphatic rings. The van der Waals surface area contributed by atoms with Crippen LogP contribution in [-0.4, -0.2) is 29.4 Å². The smallest absolute Gasteiger partial charge is 0.265 e. The molecule has 0 spiro atoms. The second-order valence-corrected chi connectivity index (χ2v) is 10.1. The number of rotatable bonds is 7. The molecule has 0 bridgehead atoms. The van der Waals surface area contributed by atoms with Crippen LogP contribution in [0.3, 0.4) is 0 Å². The van der Waals surface area contributed by atoms with E-state index in [2.05, 4.69) is 47.5 Å². The molecule has 5 nitrogen and oxygen atoms in total. The minimum atomic E-state index is -0.616. The Balaban J connectivity index is 1.42. The summed E-state index contributed by atoms with van der Waals surface area (Å²) in [5.41, 5.74) is 6.51. The molecular weight excluding hydrogens is 448 g/mol. The summed E-state index contributed by atoms with van der Waals surface area (Å²) in [7, 11) is 0. The lowest BCUT2D eigenvalue weighted by Crippen LogP contribution is -2.41. The summed E-state index contributed by atoms with van der Waals surface area (Å²) >= 11 is 0. The van der Waals surface area contributed by atoms with Crippen LogP contribution in [0.15, 0.2) is 66.7 Å². The Labute approximate surface area is 213 Å². The number of nitrogens with zero attached hydrogens (tertiary/aromatic N) is 1. The summed E-state index contributed by atoms with van der Waals surface area (Å²) in [4.78, 5) is 28.3. The number of hydrogen-bond donors (Lipinski definition) is 1. The molecule has 2 amide bonds. The third-order valence-electron chi connectivity index (χ3n) is 7.21. The molecule has 0 saturated heterocycles. The van der Waals surface area contributed by atoms with E-state index in [1.165, 1.54) is 11.1 Å². The SMILES string of the molecule is CC[C@@H](Oc1ccc2c(c1)[C@H](c1ccc(C)cc1)N(C(=O)C1CC1)CC2)C(=O)Nc1ccc(C)cc1. The Morgan fingerprint density at radius 1 is 0.972 bits per heavy atom. The first-order chi connectivity index (χ1) is 17.4. The van der Waals surface area contributed by atoms with Gasteiger partial charge in [-0.25, -0.2) is 0 Å². The van der Waals surface area contributed by atoms with Crippen molar-refractivity contribution in [2.45, 2.75) is 58.6 Å². The second kappa shape index (κ2) is 10.2. The number of ether oxygens (including phenoxy) is 1. The average molecular weight is 483 g/mol. The molecule has 1 heterocycles. The van der Waals surface area contributed by atoms with Crippen molar-refractivity contribution in [1.29, 1.82) is 0 Å². The summed E-state index contributed by atoms with van der Waals surface area (Å²) in [6.45, 7) is 6.76. The van der Waals surface area contributed by atoms with Crippen molar-refractivity contribution < 1.29 is 14.3 Å². The van der Waals surface area contributed by atoms with Gasteiger partial charge < -0.3 is 15.0 Å². The van der Waals surface area contributed by atoms with E-state index < -0.39 is 6.10 Å². The number of benzene rings is 3. The largest absolute Gasteiger partial charge is 0.481 e. The fraction of sp³-hybridized carbons (Fsp3) is 0.355. The molecule has 1 aliphatic heterocycles. The van der Waals surface area contributed by atoms with Crippen molar-refractivity contribution in [3.05, 3.63) is 94.5 Å². The number of nitrogens with one attached hydrogen (secondary N) is 1. The van der Waals surface area contributed by atoms with Gasteiger partial charge >= 0.3 is 0 Å². The molecule has 186 valence electrons. The maximum Gasteiger partial charge on any atom is 0.265 e. The van der Waals surface area contributed by atoms with Crippen LogP contribution in [-0.2, 0) is 16.0 Å². The van der Waals surface area contributed by atoms with Crippen LogP contribution in [0.25, 0.3) is 0 Å². The van der Waals surface area contributed by atoms with Crippen LogP contribution in [0.1, 0.15) is 60.0 Å². The third-order valence-corrected chi connectivity index (χ3v) is 7.21. The maximum atomic E-state index is 13.3. The van der Waals surface area contributed by atoms with Gasteiger partial charge in [0.1, 0.15) is 5.75 Å². The van der Waals surface area contributed by atoms with Crippen LogP contribution in [0.2, 0.25) is 0 Å². The summed E-state index contributed by atoms with van der Waals surface area (Å²) < 4.78 is 6.23. The van der Waals surface area contributed by atoms with Crippen molar-refractivity contribution >= 4 is 17.5 Å². The van der Waals surface area contributed by atoms with Gasteiger partial charge in [-0.05, 0) is 80.5 Å². The average Bonchev–Trinajstić information content (AvgIpc) is 3.74. The molecule has 1 saturated carbocycles. The van der Waals surface area contributed by atoms with E-state index >= 15 is 0 Å². The van der Waals surface area contributed by atoms with Crippen molar-refractivity contribution in [2.24, 2.45) is 5.92 Å². The van der Waals surface area contributed by atoms with E-state index in [-0.39, 0.29) is 23.8 Å². The predicted octanol–water partition coefficient (Wildman–Crippen LogP) is 5.98. The number of hydrogen-bond acceptors (Lipinski definition) is 3. The highest BCUT2D eigenvalue weighted by Crippen LogP contribution is 2.41. The molecule has 0 radical (unpaired) electrons. The lowest BCUT2D eigenvalue weighted by molar-refractivity contribution is -0.134. The molecule has 1 fully saturated rings. The van der Waals surface area contributed by atoms with Crippen LogP contribution in [0.4, 0.5) is 5.69 Å². The minimum Gasteiger partial charge on any atom is -0.481 e. The normalized spacial score (nSPS) is 17.8. The summed E-state index contributed by atoms with van der Waals surface area (Å²) in [6, 6.07) is 22.1. The van der Waals surface area contributed by atoms with E-state index in [0.29, 0.717) is 12.2 Å². The number of carbonyl (C=O) groups excluding carboxylic acids is 2. The Hall–Kier alpha value is -3.60. The molecule has 2 atom stereocenters. The van der Waals surface area contributed by atoms with Gasteiger partial charge in [-0.2, -0.15) is 0 Å². The van der Waals surface area contributed by atoms with Gasteiger partial charge in [0.05, 0.1) is 6.04 Å². The van der Waals surface area contributed by atoms with Gasteiger partial charge in [0, 0.05) is 18.2 Å². The molecule has 3 aromatic rings. The maximum absolute atomic E-state index is 13.3. The van der Waals surface area contributed by atoms with Gasteiger partial charge in [0.15, 0.2) is 6.10 Å². The van der Waals surface area contributed by atoms with Crippen molar-refractivity contribution in [3.8, 4) is 5.75 Å². The monoisotopic (exact) mass is 482 g/mol. The van der Waals surface area contributed by atoms with Crippen molar-refractivity contribution in [1.82, 2.24) is 4.90 Å². The first-order valence-electron chi connectivity index (χ1n) is 13.0. The van der Waals surface area contributed by atoms with Crippen LogP contribution in [0.5, 0.6) is 5.75 Å². The first kappa shape index (κ1) is 24.1. The zero-order valence-electron chi connectivity index (χ0n) is 21.3. The van der Waals surface area contributed by atoms with E-state index in [9.17, 15) is 9.59 Å². The number of carbonyl (C=O) groups is 2. The lowest BCUT2D eigenvalue weighted by Gasteiger charge is -2.38. The van der Waals surface area contributed by atoms with Gasteiger partial charge in [0.25, 0.3) is 5.91 Å². The molecular formula is C31H34N2O3. The van der Waals surface area contributed by atoms with E-state index in [1.807, 2.05) is 50.2 Å². The zero-order valence-corrected chi connectivity index (χ0v) is 21.3. The molecule has 0 unspecified atom stereocenters. The fourth-order valence-electron chi connectivity index (χ4n) is 4.92. The van der Waals surface area contributed by atoms with Crippen LogP contribution < -0.4 is 10.1 Å². The van der Waals surface area contributed by atoms with Crippen LogP contribution >= 0.6 is 0 Å². The zero-order chi connectivity index (χ0) is 25.2. The van der Waals surface area contributed by atoms with Crippen molar-refractivity contribution in [2.75, 3.05) is 11.9 Å². The number of anilines is 1. The molecule has 1 N–H and O–H groups in total. The second-order valence-electron chi connectivity index (χ2n) is 10.1. The molecule has 3 aromatic carbocycles. The Kier molecular flexibility index (Phi) is 6.82. The number of amides is 2. The Morgan fingerprint density at radius 3 is 2.28 bits per heavy atom. The summed E-state index contributed by atoms with van der Waals surface area (Å²) in [5.74, 6) is 0.896. The van der Waals surface area contributed by atoms with Gasteiger partial charge in [0.2, 0.25) is 5.91 Å². The number of fused-ring (bicyclic) bond motifs is 1. The first-order valence-corrected chi connectivity index (χ1v) is 13.0. The fourth-order valence-corrected chi connectivity index (χ4v) is 4.92. The Bertz CT molecular complexity index is 1250. The highest BCUT2D eigenvalue weighted by Gasteiger charge is 2.39. The van der Waals surface area contributed by atoms with Crippen LogP contribution in [0, 0.1) is 19.8 Å².